The molecule has 0 bridgehead atoms. The molecule has 38 valence electrons. The van der Waals surface area contributed by atoms with Crippen molar-refractivity contribution in [1.29, 1.82) is 0 Å². The molecule has 2 nitrogen and oxygen atoms in total. The Labute approximate surface area is 61.4 Å². The molecule has 0 N–H and O–H groups in total. The first-order valence-electron chi connectivity index (χ1n) is 1.44. The Balaban J connectivity index is 3.04. The fourth-order valence-electron chi connectivity index (χ4n) is 0.189. The number of aromatic nitrogens is 2. The average Bonchev–Trinajstić information content (AvgIpc) is 1.87. The highest BCUT2D eigenvalue weighted by Gasteiger charge is 1.92. The van der Waals surface area contributed by atoms with Gasteiger partial charge >= 0.3 is 0 Å². The van der Waals surface area contributed by atoms with Gasteiger partial charge in [0.2, 0.25) is 4.73 Å². The zero-order valence-corrected chi connectivity index (χ0v) is 7.05. The molecule has 0 saturated carbocycles. The van der Waals surface area contributed by atoms with Gasteiger partial charge in [-0.15, -0.1) is 0 Å². The Morgan fingerprint density at radius 2 is 2.14 bits per heavy atom. The van der Waals surface area contributed by atoms with Crippen LogP contribution >= 0.6 is 43.4 Å². The molecule has 1 rings (SSSR count). The number of nitrogens with zero attached hydrogens (tertiary/aromatic N) is 2. The van der Waals surface area contributed by atoms with Crippen molar-refractivity contribution in [2.75, 3.05) is 0 Å². The average molecular weight is 244 g/mol. The molecule has 1 aromatic heterocycles. The molecule has 0 aliphatic heterocycles. The summed E-state index contributed by atoms with van der Waals surface area (Å²) in [5, 5.41) is 0. The standard InChI is InChI=1S/C2Br2N2S/c3-1-5-2(4)7-6-1. The van der Waals surface area contributed by atoms with Gasteiger partial charge in [-0.2, -0.15) is 4.37 Å². The summed E-state index contributed by atoms with van der Waals surface area (Å²) in [6, 6.07) is 0. The minimum Gasteiger partial charge on any atom is -0.202 e. The zero-order valence-electron chi connectivity index (χ0n) is 3.06. The van der Waals surface area contributed by atoms with Gasteiger partial charge in [-0.25, -0.2) is 4.98 Å². The summed E-state index contributed by atoms with van der Waals surface area (Å²) < 4.78 is 5.26. The highest BCUT2D eigenvalue weighted by atomic mass is 79.9. The highest BCUT2D eigenvalue weighted by molar-refractivity contribution is 9.11. The van der Waals surface area contributed by atoms with Crippen molar-refractivity contribution >= 4 is 43.4 Å². The minimum atomic E-state index is 0.643. The zero-order chi connectivity index (χ0) is 5.28. The van der Waals surface area contributed by atoms with Gasteiger partial charge in [-0.05, 0) is 43.4 Å². The van der Waals surface area contributed by atoms with Crippen molar-refractivity contribution in [1.82, 2.24) is 9.36 Å². The third-order valence-corrected chi connectivity index (χ3v) is 2.08. The second-order valence-electron chi connectivity index (χ2n) is 0.816. The molecule has 7 heavy (non-hydrogen) atoms. The van der Waals surface area contributed by atoms with Crippen LogP contribution in [0.1, 0.15) is 0 Å². The summed E-state index contributed by atoms with van der Waals surface area (Å²) in [5.74, 6) is 0. The van der Waals surface area contributed by atoms with E-state index in [9.17, 15) is 0 Å². The van der Waals surface area contributed by atoms with E-state index in [-0.39, 0.29) is 0 Å². The fourth-order valence-corrected chi connectivity index (χ4v) is 1.64. The van der Waals surface area contributed by atoms with Gasteiger partial charge in [0.15, 0.2) is 3.92 Å². The molecule has 0 unspecified atom stereocenters. The molecule has 0 aliphatic rings. The van der Waals surface area contributed by atoms with Crippen molar-refractivity contribution in [3.63, 3.8) is 0 Å². The first kappa shape index (κ1) is 5.65. The lowest BCUT2D eigenvalue weighted by molar-refractivity contribution is 1.24. The van der Waals surface area contributed by atoms with Crippen molar-refractivity contribution in [3.05, 3.63) is 8.65 Å². The second-order valence-corrected chi connectivity index (χ2v) is 3.55. The first-order chi connectivity index (χ1) is 3.29. The first-order valence-corrected chi connectivity index (χ1v) is 3.79. The van der Waals surface area contributed by atoms with Crippen LogP contribution in [0.4, 0.5) is 0 Å². The smallest absolute Gasteiger partial charge is 0.202 e. The number of hydrogen-bond donors (Lipinski definition) is 0. The molecule has 0 aliphatic carbocycles. The molecule has 0 saturated heterocycles. The van der Waals surface area contributed by atoms with E-state index in [0.29, 0.717) is 4.73 Å². The van der Waals surface area contributed by atoms with Crippen LogP contribution in [0.5, 0.6) is 0 Å². The monoisotopic (exact) mass is 242 g/mol. The molecule has 0 spiro atoms. The maximum absolute atomic E-state index is 3.85. The third-order valence-electron chi connectivity index (χ3n) is 0.376. The van der Waals surface area contributed by atoms with E-state index >= 15 is 0 Å². The van der Waals surface area contributed by atoms with Gasteiger partial charge in [-0.3, -0.25) is 0 Å². The number of rotatable bonds is 0. The molecule has 1 heterocycles. The van der Waals surface area contributed by atoms with Crippen LogP contribution in [0, 0.1) is 0 Å². The normalized spacial score (nSPS) is 9.43. The Kier molecular flexibility index (Phi) is 1.77. The molecule has 0 fully saturated rings. The molecular formula is C2Br2N2S. The van der Waals surface area contributed by atoms with Crippen molar-refractivity contribution in [2.24, 2.45) is 0 Å². The van der Waals surface area contributed by atoms with Gasteiger partial charge in [0.25, 0.3) is 0 Å². The van der Waals surface area contributed by atoms with E-state index in [1.165, 1.54) is 11.5 Å². The second kappa shape index (κ2) is 2.19. The van der Waals surface area contributed by atoms with Crippen LogP contribution in [0.3, 0.4) is 0 Å². The van der Waals surface area contributed by atoms with Gasteiger partial charge < -0.3 is 0 Å². The van der Waals surface area contributed by atoms with Gasteiger partial charge in [0, 0.05) is 0 Å². The summed E-state index contributed by atoms with van der Waals surface area (Å²) in [5.41, 5.74) is 0. The van der Waals surface area contributed by atoms with Crippen molar-refractivity contribution in [3.8, 4) is 0 Å². The molecular weight excluding hydrogens is 244 g/mol. The number of halogens is 2. The SMILES string of the molecule is Brc1nsc(Br)n1. The summed E-state index contributed by atoms with van der Waals surface area (Å²) >= 11 is 7.55. The van der Waals surface area contributed by atoms with Crippen LogP contribution in [-0.4, -0.2) is 9.36 Å². The molecule has 0 atom stereocenters. The largest absolute Gasteiger partial charge is 0.210 e. The lowest BCUT2D eigenvalue weighted by atomic mass is 11.3. The maximum Gasteiger partial charge on any atom is 0.210 e. The van der Waals surface area contributed by atoms with Gasteiger partial charge in [-0.1, -0.05) is 0 Å². The Bertz CT molecular complexity index is 146. The molecule has 5 heteroatoms. The van der Waals surface area contributed by atoms with E-state index in [2.05, 4.69) is 41.2 Å². The summed E-state index contributed by atoms with van der Waals surface area (Å²) in [6.45, 7) is 0. The molecule has 1 aromatic rings. The lowest BCUT2D eigenvalue weighted by Gasteiger charge is -1.63. The third kappa shape index (κ3) is 1.47. The van der Waals surface area contributed by atoms with E-state index in [0.717, 1.165) is 3.92 Å². The van der Waals surface area contributed by atoms with Crippen LogP contribution in [0.2, 0.25) is 0 Å². The topological polar surface area (TPSA) is 25.8 Å². The van der Waals surface area contributed by atoms with Crippen molar-refractivity contribution < 1.29 is 0 Å². The van der Waals surface area contributed by atoms with E-state index < -0.39 is 0 Å². The van der Waals surface area contributed by atoms with E-state index in [4.69, 9.17) is 0 Å². The van der Waals surface area contributed by atoms with Crippen molar-refractivity contribution in [2.45, 2.75) is 0 Å². The highest BCUT2D eigenvalue weighted by Crippen LogP contribution is 2.14. The predicted molar refractivity (Wildman–Crippen MR) is 35.3 cm³/mol. The van der Waals surface area contributed by atoms with Crippen LogP contribution in [0.15, 0.2) is 8.65 Å². The van der Waals surface area contributed by atoms with Crippen LogP contribution < -0.4 is 0 Å². The fraction of sp³-hybridized carbons (Fsp3) is 0. The Morgan fingerprint density at radius 3 is 2.29 bits per heavy atom. The maximum atomic E-state index is 3.85. The molecule has 0 amide bonds. The predicted octanol–water partition coefficient (Wildman–Crippen LogP) is 2.06. The number of hydrogen-bond acceptors (Lipinski definition) is 3. The van der Waals surface area contributed by atoms with Crippen LogP contribution in [-0.2, 0) is 0 Å². The minimum absolute atomic E-state index is 0.643. The molecule has 0 aromatic carbocycles. The summed E-state index contributed by atoms with van der Waals surface area (Å²) in [4.78, 5) is 3.85. The summed E-state index contributed by atoms with van der Waals surface area (Å²) in [6.07, 6.45) is 0. The van der Waals surface area contributed by atoms with Gasteiger partial charge in [0.1, 0.15) is 0 Å². The lowest BCUT2D eigenvalue weighted by Crippen LogP contribution is -1.59. The summed E-state index contributed by atoms with van der Waals surface area (Å²) in [7, 11) is 0. The van der Waals surface area contributed by atoms with Gasteiger partial charge in [0.05, 0.1) is 0 Å². The Hall–Kier alpha value is 0.520. The van der Waals surface area contributed by atoms with Crippen LogP contribution in [0.25, 0.3) is 0 Å². The Morgan fingerprint density at radius 1 is 1.43 bits per heavy atom. The molecule has 0 radical (unpaired) electrons. The van der Waals surface area contributed by atoms with E-state index in [1.807, 2.05) is 0 Å². The van der Waals surface area contributed by atoms with E-state index in [1.54, 1.807) is 0 Å². The quantitative estimate of drug-likeness (QED) is 0.697.